The van der Waals surface area contributed by atoms with Crippen LogP contribution in [0.3, 0.4) is 0 Å². The molecule has 0 aliphatic carbocycles. The van der Waals surface area contributed by atoms with Crippen LogP contribution in [-0.4, -0.2) is 21.1 Å². The van der Waals surface area contributed by atoms with Gasteiger partial charge in [0.15, 0.2) is 0 Å². The first-order valence-corrected chi connectivity index (χ1v) is 7.39. The number of imidazole rings is 1. The molecule has 3 aromatic rings. The van der Waals surface area contributed by atoms with E-state index in [0.29, 0.717) is 0 Å². The van der Waals surface area contributed by atoms with E-state index in [1.54, 1.807) is 0 Å². The van der Waals surface area contributed by atoms with Crippen LogP contribution in [0.15, 0.2) is 42.7 Å². The zero-order chi connectivity index (χ0) is 14.7. The summed E-state index contributed by atoms with van der Waals surface area (Å²) in [5.41, 5.74) is 3.23. The largest absolute Gasteiger partial charge is 0.311 e. The standard InChI is InChI=1S/C17H20N4/c1-3-8-18-12-14-11-17(21-10-9-19-13(21)2)15-6-4-5-7-16(15)20-14/h4-7,9-11,18H,3,8,12H2,1-2H3. The van der Waals surface area contributed by atoms with E-state index >= 15 is 0 Å². The maximum absolute atomic E-state index is 4.75. The maximum atomic E-state index is 4.75. The van der Waals surface area contributed by atoms with Crippen LogP contribution in [0.5, 0.6) is 0 Å². The first-order chi connectivity index (χ1) is 10.3. The normalized spacial score (nSPS) is 11.1. The molecule has 2 heterocycles. The molecular weight excluding hydrogens is 260 g/mol. The van der Waals surface area contributed by atoms with Gasteiger partial charge in [-0.05, 0) is 32.0 Å². The predicted molar refractivity (Wildman–Crippen MR) is 85.6 cm³/mol. The van der Waals surface area contributed by atoms with Crippen molar-refractivity contribution in [2.24, 2.45) is 0 Å². The SMILES string of the molecule is CCCNCc1cc(-n2ccnc2C)c2ccccc2n1. The van der Waals surface area contributed by atoms with Crippen LogP contribution in [0.1, 0.15) is 24.9 Å². The summed E-state index contributed by atoms with van der Waals surface area (Å²) in [5.74, 6) is 0.985. The van der Waals surface area contributed by atoms with Crippen LogP contribution in [0.2, 0.25) is 0 Å². The van der Waals surface area contributed by atoms with E-state index < -0.39 is 0 Å². The van der Waals surface area contributed by atoms with Crippen LogP contribution in [-0.2, 0) is 6.54 Å². The molecule has 3 rings (SSSR count). The zero-order valence-electron chi connectivity index (χ0n) is 12.5. The fraction of sp³-hybridized carbons (Fsp3) is 0.294. The third-order valence-electron chi connectivity index (χ3n) is 3.57. The minimum atomic E-state index is 0.791. The number of pyridine rings is 1. The van der Waals surface area contributed by atoms with Crippen LogP contribution in [0, 0.1) is 6.92 Å². The molecule has 0 saturated carbocycles. The summed E-state index contributed by atoms with van der Waals surface area (Å²) >= 11 is 0. The Morgan fingerprint density at radius 1 is 1.24 bits per heavy atom. The molecule has 0 bridgehead atoms. The molecule has 0 aliphatic rings. The molecule has 1 aromatic carbocycles. The van der Waals surface area contributed by atoms with Crippen molar-refractivity contribution in [2.75, 3.05) is 6.54 Å². The molecule has 0 aliphatic heterocycles. The highest BCUT2D eigenvalue weighted by Crippen LogP contribution is 2.23. The lowest BCUT2D eigenvalue weighted by molar-refractivity contribution is 0.665. The van der Waals surface area contributed by atoms with Gasteiger partial charge >= 0.3 is 0 Å². The van der Waals surface area contributed by atoms with Gasteiger partial charge in [-0.15, -0.1) is 0 Å². The highest BCUT2D eigenvalue weighted by molar-refractivity contribution is 5.87. The molecular formula is C17H20N4. The molecule has 0 radical (unpaired) electrons. The molecule has 21 heavy (non-hydrogen) atoms. The predicted octanol–water partition coefficient (Wildman–Crippen LogP) is 3.23. The molecule has 1 N–H and O–H groups in total. The molecule has 2 aromatic heterocycles. The van der Waals surface area contributed by atoms with E-state index in [0.717, 1.165) is 47.6 Å². The molecule has 0 amide bonds. The third-order valence-corrected chi connectivity index (χ3v) is 3.57. The van der Waals surface area contributed by atoms with Gasteiger partial charge in [0, 0.05) is 24.3 Å². The van der Waals surface area contributed by atoms with Crippen molar-refractivity contribution in [3.05, 3.63) is 54.2 Å². The van der Waals surface area contributed by atoms with Gasteiger partial charge in [-0.25, -0.2) is 4.98 Å². The van der Waals surface area contributed by atoms with E-state index in [1.807, 2.05) is 25.4 Å². The Morgan fingerprint density at radius 2 is 2.10 bits per heavy atom. The lowest BCUT2D eigenvalue weighted by Gasteiger charge is -2.12. The summed E-state index contributed by atoms with van der Waals surface area (Å²) in [6.07, 6.45) is 4.96. The minimum Gasteiger partial charge on any atom is -0.311 e. The topological polar surface area (TPSA) is 42.7 Å². The first-order valence-electron chi connectivity index (χ1n) is 7.39. The quantitative estimate of drug-likeness (QED) is 0.730. The Morgan fingerprint density at radius 3 is 2.86 bits per heavy atom. The number of benzene rings is 1. The molecule has 4 nitrogen and oxygen atoms in total. The van der Waals surface area contributed by atoms with Crippen molar-refractivity contribution in [2.45, 2.75) is 26.8 Å². The highest BCUT2D eigenvalue weighted by Gasteiger charge is 2.09. The molecule has 0 unspecified atom stereocenters. The Kier molecular flexibility index (Phi) is 3.97. The average molecular weight is 280 g/mol. The Bertz CT molecular complexity index is 745. The van der Waals surface area contributed by atoms with Crippen LogP contribution < -0.4 is 5.32 Å². The Balaban J connectivity index is 2.10. The van der Waals surface area contributed by atoms with Crippen molar-refractivity contribution >= 4 is 10.9 Å². The van der Waals surface area contributed by atoms with Crippen LogP contribution in [0.25, 0.3) is 16.6 Å². The van der Waals surface area contributed by atoms with Crippen molar-refractivity contribution < 1.29 is 0 Å². The van der Waals surface area contributed by atoms with Gasteiger partial charge in [0.05, 0.1) is 16.9 Å². The Labute approximate surface area is 124 Å². The number of rotatable bonds is 5. The highest BCUT2D eigenvalue weighted by atomic mass is 15.1. The van der Waals surface area contributed by atoms with Crippen molar-refractivity contribution in [1.82, 2.24) is 19.9 Å². The minimum absolute atomic E-state index is 0.791. The molecule has 0 atom stereocenters. The second kappa shape index (κ2) is 6.06. The molecule has 108 valence electrons. The number of para-hydroxylation sites is 1. The smallest absolute Gasteiger partial charge is 0.110 e. The van der Waals surface area contributed by atoms with E-state index in [4.69, 9.17) is 4.98 Å². The van der Waals surface area contributed by atoms with Crippen LogP contribution in [0.4, 0.5) is 0 Å². The summed E-state index contributed by atoms with van der Waals surface area (Å²) in [7, 11) is 0. The van der Waals surface area contributed by atoms with Crippen molar-refractivity contribution in [3.63, 3.8) is 0 Å². The number of hydrogen-bond donors (Lipinski definition) is 1. The van der Waals surface area contributed by atoms with Crippen LogP contribution >= 0.6 is 0 Å². The average Bonchev–Trinajstić information content (AvgIpc) is 2.93. The number of fused-ring (bicyclic) bond motifs is 1. The molecule has 0 saturated heterocycles. The van der Waals surface area contributed by atoms with E-state index in [-0.39, 0.29) is 0 Å². The van der Waals surface area contributed by atoms with Gasteiger partial charge in [0.2, 0.25) is 0 Å². The maximum Gasteiger partial charge on any atom is 0.110 e. The van der Waals surface area contributed by atoms with Gasteiger partial charge in [-0.2, -0.15) is 0 Å². The summed E-state index contributed by atoms with van der Waals surface area (Å²) < 4.78 is 2.12. The Hall–Kier alpha value is -2.20. The monoisotopic (exact) mass is 280 g/mol. The summed E-state index contributed by atoms with van der Waals surface area (Å²) in [5, 5.41) is 4.57. The number of hydrogen-bond acceptors (Lipinski definition) is 3. The van der Waals surface area contributed by atoms with Gasteiger partial charge in [-0.1, -0.05) is 25.1 Å². The molecule has 4 heteroatoms. The van der Waals surface area contributed by atoms with E-state index in [2.05, 4.69) is 46.1 Å². The fourth-order valence-corrected chi connectivity index (χ4v) is 2.53. The second-order valence-corrected chi connectivity index (χ2v) is 5.17. The first kappa shape index (κ1) is 13.8. The van der Waals surface area contributed by atoms with Gasteiger partial charge in [0.25, 0.3) is 0 Å². The lowest BCUT2D eigenvalue weighted by Crippen LogP contribution is -2.15. The van der Waals surface area contributed by atoms with Crippen molar-refractivity contribution in [1.29, 1.82) is 0 Å². The van der Waals surface area contributed by atoms with Gasteiger partial charge < -0.3 is 9.88 Å². The number of nitrogens with one attached hydrogen (secondary N) is 1. The van der Waals surface area contributed by atoms with E-state index in [9.17, 15) is 0 Å². The second-order valence-electron chi connectivity index (χ2n) is 5.17. The fourth-order valence-electron chi connectivity index (χ4n) is 2.53. The van der Waals surface area contributed by atoms with Crippen molar-refractivity contribution in [3.8, 4) is 5.69 Å². The third kappa shape index (κ3) is 2.81. The van der Waals surface area contributed by atoms with E-state index in [1.165, 1.54) is 0 Å². The zero-order valence-corrected chi connectivity index (χ0v) is 12.5. The number of aryl methyl sites for hydroxylation is 1. The lowest BCUT2D eigenvalue weighted by atomic mass is 10.1. The molecule has 0 spiro atoms. The molecule has 0 fully saturated rings. The van der Waals surface area contributed by atoms with Gasteiger partial charge in [0.1, 0.15) is 5.82 Å². The van der Waals surface area contributed by atoms with Gasteiger partial charge in [-0.3, -0.25) is 4.98 Å². The number of aromatic nitrogens is 3. The summed E-state index contributed by atoms with van der Waals surface area (Å²) in [6.45, 7) is 5.98. The number of nitrogens with zero attached hydrogens (tertiary/aromatic N) is 3. The summed E-state index contributed by atoms with van der Waals surface area (Å²) in [6, 6.07) is 10.4. The summed E-state index contributed by atoms with van der Waals surface area (Å²) in [4.78, 5) is 9.08.